The normalized spacial score (nSPS) is 15.9. The molecule has 1 aromatic rings. The third kappa shape index (κ3) is 6.80. The minimum Gasteiger partial charge on any atom is -0.370 e. The summed E-state index contributed by atoms with van der Waals surface area (Å²) in [5.74, 6) is 0.683. The van der Waals surface area contributed by atoms with E-state index in [0.717, 1.165) is 50.9 Å². The Bertz CT molecular complexity index is 445. The lowest BCUT2D eigenvalue weighted by molar-refractivity contribution is 0.335. The zero-order valence-corrected chi connectivity index (χ0v) is 17.3. The molecule has 8 heteroatoms. The number of anilines is 1. The van der Waals surface area contributed by atoms with Crippen molar-refractivity contribution in [3.8, 4) is 0 Å². The van der Waals surface area contributed by atoms with Crippen LogP contribution in [0.2, 0.25) is 0 Å². The summed E-state index contributed by atoms with van der Waals surface area (Å²) in [6.45, 7) is 8.85. The maximum atomic E-state index is 6.12. The van der Waals surface area contributed by atoms with Crippen molar-refractivity contribution in [2.45, 2.75) is 19.8 Å². The second kappa shape index (κ2) is 11.0. The number of aromatic nitrogens is 1. The van der Waals surface area contributed by atoms with Crippen LogP contribution in [0, 0.1) is 0 Å². The molecule has 1 aliphatic rings. The van der Waals surface area contributed by atoms with E-state index in [-0.39, 0.29) is 24.0 Å². The van der Waals surface area contributed by atoms with Gasteiger partial charge in [-0.3, -0.25) is 4.99 Å². The molecule has 0 radical (unpaired) electrons. The van der Waals surface area contributed by atoms with Crippen molar-refractivity contribution in [2.75, 3.05) is 57.8 Å². The first-order valence-corrected chi connectivity index (χ1v) is 8.96. The van der Waals surface area contributed by atoms with Crippen LogP contribution in [0.4, 0.5) is 5.13 Å². The molecule has 0 aliphatic carbocycles. The van der Waals surface area contributed by atoms with Gasteiger partial charge in [-0.25, -0.2) is 4.98 Å². The predicted octanol–water partition coefficient (Wildman–Crippen LogP) is 1.93. The molecule has 0 aromatic carbocycles. The number of nitrogens with two attached hydrogens (primary N) is 1. The van der Waals surface area contributed by atoms with Gasteiger partial charge in [-0.2, -0.15) is 0 Å². The van der Waals surface area contributed by atoms with Crippen molar-refractivity contribution in [2.24, 2.45) is 10.7 Å². The molecule has 0 amide bonds. The van der Waals surface area contributed by atoms with Crippen LogP contribution in [0.1, 0.15) is 19.8 Å². The number of likely N-dealkylation sites (N-methyl/N-ethyl adjacent to an activating group) is 1. The summed E-state index contributed by atoms with van der Waals surface area (Å²) in [6.07, 6.45) is 4.34. The quantitative estimate of drug-likeness (QED) is 0.389. The van der Waals surface area contributed by atoms with Crippen LogP contribution < -0.4 is 10.6 Å². The van der Waals surface area contributed by atoms with Crippen molar-refractivity contribution < 1.29 is 0 Å². The number of rotatable bonds is 7. The third-order valence-corrected chi connectivity index (χ3v) is 4.77. The highest BCUT2D eigenvalue weighted by atomic mass is 127. The highest BCUT2D eigenvalue weighted by Crippen LogP contribution is 2.18. The zero-order chi connectivity index (χ0) is 15.8. The molecule has 0 bridgehead atoms. The standard InChI is InChI=1S/C15H28N6S.HI/c1-3-4-7-19(2)8-5-17-14(16)20-9-11-21(12-10-20)15-18-6-13-22-15;/h6,13H,3-5,7-12H2,1-2H3,(H2,16,17);1H. The number of guanidine groups is 1. The van der Waals surface area contributed by atoms with Gasteiger partial charge in [-0.1, -0.05) is 13.3 Å². The molecule has 132 valence electrons. The molecule has 1 saturated heterocycles. The smallest absolute Gasteiger partial charge is 0.191 e. The van der Waals surface area contributed by atoms with Gasteiger partial charge in [0.1, 0.15) is 0 Å². The number of halogens is 1. The molecular formula is C15H29IN6S. The van der Waals surface area contributed by atoms with Crippen LogP contribution >= 0.6 is 35.3 Å². The molecular weight excluding hydrogens is 423 g/mol. The highest BCUT2D eigenvalue weighted by Gasteiger charge is 2.19. The number of unbranched alkanes of at least 4 members (excludes halogenated alkanes) is 1. The average molecular weight is 452 g/mol. The molecule has 1 fully saturated rings. The first kappa shape index (κ1) is 20.4. The molecule has 2 N–H and O–H groups in total. The molecule has 0 atom stereocenters. The lowest BCUT2D eigenvalue weighted by atomic mass is 10.3. The first-order valence-electron chi connectivity index (χ1n) is 8.08. The van der Waals surface area contributed by atoms with Crippen LogP contribution in [0.25, 0.3) is 0 Å². The number of aliphatic imine (C=N–C) groups is 1. The van der Waals surface area contributed by atoms with Crippen LogP contribution in [-0.2, 0) is 0 Å². The Hall–Kier alpha value is -0.610. The van der Waals surface area contributed by atoms with E-state index in [0.29, 0.717) is 5.96 Å². The summed E-state index contributed by atoms with van der Waals surface area (Å²) in [5, 5.41) is 3.12. The lowest BCUT2D eigenvalue weighted by Gasteiger charge is -2.35. The van der Waals surface area contributed by atoms with E-state index in [1.165, 1.54) is 12.8 Å². The Labute approximate surface area is 160 Å². The molecule has 6 nitrogen and oxygen atoms in total. The molecule has 1 aliphatic heterocycles. The summed E-state index contributed by atoms with van der Waals surface area (Å²) >= 11 is 1.69. The van der Waals surface area contributed by atoms with Gasteiger partial charge in [0.15, 0.2) is 11.1 Å². The second-order valence-electron chi connectivity index (χ2n) is 5.69. The van der Waals surface area contributed by atoms with Crippen molar-refractivity contribution >= 4 is 46.4 Å². The lowest BCUT2D eigenvalue weighted by Crippen LogP contribution is -2.51. The minimum atomic E-state index is 0. The van der Waals surface area contributed by atoms with Gasteiger partial charge in [-0.15, -0.1) is 35.3 Å². The van der Waals surface area contributed by atoms with E-state index in [1.807, 2.05) is 11.6 Å². The fourth-order valence-corrected chi connectivity index (χ4v) is 3.17. The Kier molecular flexibility index (Phi) is 9.80. The third-order valence-electron chi connectivity index (χ3n) is 3.94. The molecule has 2 rings (SSSR count). The summed E-state index contributed by atoms with van der Waals surface area (Å²) < 4.78 is 0. The fraction of sp³-hybridized carbons (Fsp3) is 0.733. The number of piperazine rings is 1. The van der Waals surface area contributed by atoms with Gasteiger partial charge in [0, 0.05) is 44.3 Å². The van der Waals surface area contributed by atoms with Crippen molar-refractivity contribution in [1.29, 1.82) is 0 Å². The van der Waals surface area contributed by atoms with Crippen molar-refractivity contribution in [3.05, 3.63) is 11.6 Å². The second-order valence-corrected chi connectivity index (χ2v) is 6.56. The molecule has 0 spiro atoms. The summed E-state index contributed by atoms with van der Waals surface area (Å²) in [7, 11) is 2.15. The molecule has 23 heavy (non-hydrogen) atoms. The van der Waals surface area contributed by atoms with Gasteiger partial charge < -0.3 is 20.4 Å². The Morgan fingerprint density at radius 3 is 2.70 bits per heavy atom. The van der Waals surface area contributed by atoms with Crippen LogP contribution in [0.3, 0.4) is 0 Å². The fourth-order valence-electron chi connectivity index (χ4n) is 2.47. The molecule has 0 unspecified atom stereocenters. The van der Waals surface area contributed by atoms with Crippen LogP contribution in [0.5, 0.6) is 0 Å². The summed E-state index contributed by atoms with van der Waals surface area (Å²) in [6, 6.07) is 0. The van der Waals surface area contributed by atoms with Crippen molar-refractivity contribution in [1.82, 2.24) is 14.8 Å². The number of hydrogen-bond acceptors (Lipinski definition) is 5. The van der Waals surface area contributed by atoms with E-state index in [2.05, 4.69) is 38.6 Å². The van der Waals surface area contributed by atoms with E-state index in [1.54, 1.807) is 11.3 Å². The molecule has 2 heterocycles. The SMILES string of the molecule is CCCCN(C)CCN=C(N)N1CCN(c2nccs2)CC1.I. The van der Waals surface area contributed by atoms with Gasteiger partial charge in [-0.05, 0) is 20.0 Å². The number of nitrogens with zero attached hydrogens (tertiary/aromatic N) is 5. The minimum absolute atomic E-state index is 0. The van der Waals surface area contributed by atoms with Crippen molar-refractivity contribution in [3.63, 3.8) is 0 Å². The van der Waals surface area contributed by atoms with Gasteiger partial charge in [0.25, 0.3) is 0 Å². The Morgan fingerprint density at radius 2 is 2.09 bits per heavy atom. The molecule has 0 saturated carbocycles. The van der Waals surface area contributed by atoms with Crippen LogP contribution in [0.15, 0.2) is 16.6 Å². The maximum Gasteiger partial charge on any atom is 0.191 e. The highest BCUT2D eigenvalue weighted by molar-refractivity contribution is 14.0. The predicted molar refractivity (Wildman–Crippen MR) is 110 cm³/mol. The topological polar surface area (TPSA) is 61.0 Å². The number of thiazole rings is 1. The van der Waals surface area contributed by atoms with Crippen LogP contribution in [-0.4, -0.2) is 73.6 Å². The molecule has 1 aromatic heterocycles. The Balaban J connectivity index is 0.00000264. The first-order chi connectivity index (χ1) is 10.7. The average Bonchev–Trinajstić information content (AvgIpc) is 3.07. The van der Waals surface area contributed by atoms with Gasteiger partial charge >= 0.3 is 0 Å². The zero-order valence-electron chi connectivity index (χ0n) is 14.1. The monoisotopic (exact) mass is 452 g/mol. The largest absolute Gasteiger partial charge is 0.370 e. The summed E-state index contributed by atoms with van der Waals surface area (Å²) in [4.78, 5) is 15.7. The number of hydrogen-bond donors (Lipinski definition) is 1. The Morgan fingerprint density at radius 1 is 1.35 bits per heavy atom. The van der Waals surface area contributed by atoms with E-state index in [9.17, 15) is 0 Å². The maximum absolute atomic E-state index is 6.12. The van der Waals surface area contributed by atoms with Gasteiger partial charge in [0.05, 0.1) is 6.54 Å². The van der Waals surface area contributed by atoms with E-state index in [4.69, 9.17) is 5.73 Å². The van der Waals surface area contributed by atoms with E-state index < -0.39 is 0 Å². The van der Waals surface area contributed by atoms with Gasteiger partial charge in [0.2, 0.25) is 0 Å². The summed E-state index contributed by atoms with van der Waals surface area (Å²) in [5.41, 5.74) is 6.12. The van der Waals surface area contributed by atoms with E-state index >= 15 is 0 Å².